The zero-order valence-electron chi connectivity index (χ0n) is 18.9. The van der Waals surface area contributed by atoms with Gasteiger partial charge in [-0.05, 0) is 19.3 Å². The number of carboxylic acid groups (broad SMARTS) is 3. The highest BCUT2D eigenvalue weighted by molar-refractivity contribution is 5.90. The summed E-state index contributed by atoms with van der Waals surface area (Å²) in [6.07, 6.45) is 8.58. The quantitative estimate of drug-likeness (QED) is 0.173. The lowest BCUT2D eigenvalue weighted by atomic mass is 10.1. The molecule has 10 heteroatoms. The number of aliphatic carboxylic acids is 3. The van der Waals surface area contributed by atoms with Gasteiger partial charge in [0.2, 0.25) is 11.8 Å². The number of amides is 2. The van der Waals surface area contributed by atoms with Gasteiger partial charge in [0.25, 0.3) is 0 Å². The molecule has 184 valence electrons. The van der Waals surface area contributed by atoms with Gasteiger partial charge < -0.3 is 26.0 Å². The van der Waals surface area contributed by atoms with Crippen LogP contribution in [-0.2, 0) is 24.0 Å². The van der Waals surface area contributed by atoms with Gasteiger partial charge in [0.15, 0.2) is 0 Å². The van der Waals surface area contributed by atoms with E-state index in [-0.39, 0.29) is 25.7 Å². The molecule has 0 aliphatic rings. The van der Waals surface area contributed by atoms with Crippen LogP contribution in [0.2, 0.25) is 0 Å². The Kier molecular flexibility index (Phi) is 16.5. The highest BCUT2D eigenvalue weighted by Crippen LogP contribution is 2.11. The smallest absolute Gasteiger partial charge is 0.326 e. The summed E-state index contributed by atoms with van der Waals surface area (Å²) in [7, 11) is 0. The van der Waals surface area contributed by atoms with E-state index < -0.39 is 48.2 Å². The second-order valence-corrected chi connectivity index (χ2v) is 7.96. The minimum Gasteiger partial charge on any atom is -0.481 e. The Morgan fingerprint density at radius 2 is 1.09 bits per heavy atom. The van der Waals surface area contributed by atoms with Crippen LogP contribution in [0.15, 0.2) is 0 Å². The monoisotopic (exact) mass is 458 g/mol. The molecule has 2 atom stereocenters. The van der Waals surface area contributed by atoms with Crippen molar-refractivity contribution >= 4 is 29.7 Å². The number of nitrogens with one attached hydrogen (secondary N) is 2. The van der Waals surface area contributed by atoms with Gasteiger partial charge in [0.1, 0.15) is 12.1 Å². The number of hydrogen-bond acceptors (Lipinski definition) is 5. The Morgan fingerprint density at radius 1 is 0.625 bits per heavy atom. The molecule has 10 nitrogen and oxygen atoms in total. The van der Waals surface area contributed by atoms with E-state index in [1.54, 1.807) is 0 Å². The van der Waals surface area contributed by atoms with Gasteiger partial charge in [-0.3, -0.25) is 19.2 Å². The molecule has 2 amide bonds. The Balaban J connectivity index is 4.52. The van der Waals surface area contributed by atoms with Crippen molar-refractivity contribution in [2.24, 2.45) is 0 Å². The highest BCUT2D eigenvalue weighted by Gasteiger charge is 2.27. The van der Waals surface area contributed by atoms with E-state index in [9.17, 15) is 29.1 Å². The third-order valence-corrected chi connectivity index (χ3v) is 5.07. The van der Waals surface area contributed by atoms with E-state index >= 15 is 0 Å². The van der Waals surface area contributed by atoms with Crippen molar-refractivity contribution in [3.8, 4) is 0 Å². The third-order valence-electron chi connectivity index (χ3n) is 5.07. The average Bonchev–Trinajstić information content (AvgIpc) is 2.72. The number of carboxylic acids is 3. The summed E-state index contributed by atoms with van der Waals surface area (Å²) in [6, 6.07) is -2.65. The Labute approximate surface area is 189 Å². The summed E-state index contributed by atoms with van der Waals surface area (Å²) < 4.78 is 0. The van der Waals surface area contributed by atoms with Crippen molar-refractivity contribution < 1.29 is 39.3 Å². The normalized spacial score (nSPS) is 12.5. The summed E-state index contributed by atoms with van der Waals surface area (Å²) in [5.74, 6) is -5.02. The molecule has 0 spiro atoms. The van der Waals surface area contributed by atoms with Crippen LogP contribution in [0.4, 0.5) is 0 Å². The number of unbranched alkanes of at least 4 members (excludes halogenated alkanes) is 8. The molecule has 0 bridgehead atoms. The van der Waals surface area contributed by atoms with E-state index in [1.807, 2.05) is 0 Å². The molecule has 0 rings (SSSR count). The Hall–Kier alpha value is -2.65. The predicted molar refractivity (Wildman–Crippen MR) is 117 cm³/mol. The summed E-state index contributed by atoms with van der Waals surface area (Å²) in [5.41, 5.74) is 0. The van der Waals surface area contributed by atoms with Gasteiger partial charge >= 0.3 is 17.9 Å². The van der Waals surface area contributed by atoms with Gasteiger partial charge in [-0.2, -0.15) is 0 Å². The second kappa shape index (κ2) is 18.0. The zero-order chi connectivity index (χ0) is 24.4. The van der Waals surface area contributed by atoms with E-state index in [2.05, 4.69) is 17.6 Å². The summed E-state index contributed by atoms with van der Waals surface area (Å²) in [5, 5.41) is 31.4. The van der Waals surface area contributed by atoms with Crippen LogP contribution in [0.25, 0.3) is 0 Å². The first-order valence-electron chi connectivity index (χ1n) is 11.4. The molecule has 0 aromatic heterocycles. The molecule has 0 radical (unpaired) electrons. The zero-order valence-corrected chi connectivity index (χ0v) is 18.9. The van der Waals surface area contributed by atoms with Gasteiger partial charge in [0, 0.05) is 19.3 Å². The van der Waals surface area contributed by atoms with E-state index in [4.69, 9.17) is 10.2 Å². The lowest BCUT2D eigenvalue weighted by Gasteiger charge is -2.21. The van der Waals surface area contributed by atoms with E-state index in [0.717, 1.165) is 19.3 Å². The summed E-state index contributed by atoms with van der Waals surface area (Å²) >= 11 is 0. The molecule has 0 saturated heterocycles. The first-order valence-corrected chi connectivity index (χ1v) is 11.4. The van der Waals surface area contributed by atoms with Gasteiger partial charge in [-0.25, -0.2) is 4.79 Å². The van der Waals surface area contributed by atoms with Crippen LogP contribution in [0, 0.1) is 0 Å². The maximum absolute atomic E-state index is 12.4. The lowest BCUT2D eigenvalue weighted by Crippen LogP contribution is -2.51. The van der Waals surface area contributed by atoms with E-state index in [0.29, 0.717) is 6.42 Å². The largest absolute Gasteiger partial charge is 0.481 e. The molecule has 0 aliphatic heterocycles. The molecule has 32 heavy (non-hydrogen) atoms. The maximum Gasteiger partial charge on any atom is 0.326 e. The van der Waals surface area contributed by atoms with Crippen LogP contribution < -0.4 is 10.6 Å². The average molecular weight is 459 g/mol. The van der Waals surface area contributed by atoms with E-state index in [1.165, 1.54) is 32.1 Å². The topological polar surface area (TPSA) is 170 Å². The maximum atomic E-state index is 12.4. The molecule has 0 aromatic carbocycles. The van der Waals surface area contributed by atoms with Gasteiger partial charge in [-0.1, -0.05) is 58.3 Å². The highest BCUT2D eigenvalue weighted by atomic mass is 16.4. The lowest BCUT2D eigenvalue weighted by molar-refractivity contribution is -0.144. The van der Waals surface area contributed by atoms with Crippen molar-refractivity contribution in [1.29, 1.82) is 0 Å². The van der Waals surface area contributed by atoms with Crippen LogP contribution in [0.3, 0.4) is 0 Å². The van der Waals surface area contributed by atoms with Crippen LogP contribution >= 0.6 is 0 Å². The molecule has 0 aliphatic carbocycles. The fourth-order valence-electron chi connectivity index (χ4n) is 3.20. The standard InChI is InChI=1S/C22H38N2O8/c1-2-3-4-5-6-7-8-9-10-11-18(25)23-16(12-14-19(26)27)21(30)24-17(22(31)32)13-15-20(28)29/h16-17H,2-15H2,1H3,(H,23,25)(H,24,30)(H,26,27)(H,28,29)(H,31,32). The van der Waals surface area contributed by atoms with Crippen molar-refractivity contribution in [2.75, 3.05) is 0 Å². The number of carbonyl (C=O) groups excluding carboxylic acids is 2. The Bertz CT molecular complexity index is 609. The van der Waals surface area contributed by atoms with Crippen LogP contribution in [-0.4, -0.2) is 57.1 Å². The van der Waals surface area contributed by atoms with Gasteiger partial charge in [-0.15, -0.1) is 0 Å². The summed E-state index contributed by atoms with van der Waals surface area (Å²) in [6.45, 7) is 2.17. The first kappa shape index (κ1) is 29.4. The van der Waals surface area contributed by atoms with Crippen LogP contribution in [0.5, 0.6) is 0 Å². The summed E-state index contributed by atoms with van der Waals surface area (Å²) in [4.78, 5) is 57.5. The molecule has 0 heterocycles. The third kappa shape index (κ3) is 16.1. The minimum atomic E-state index is -1.44. The molecule has 2 unspecified atom stereocenters. The molecule has 0 aromatic rings. The van der Waals surface area contributed by atoms with Crippen molar-refractivity contribution in [3.63, 3.8) is 0 Å². The van der Waals surface area contributed by atoms with Gasteiger partial charge in [0.05, 0.1) is 0 Å². The second-order valence-electron chi connectivity index (χ2n) is 7.96. The molecular weight excluding hydrogens is 420 g/mol. The molecule has 0 saturated carbocycles. The minimum absolute atomic E-state index is 0.189. The van der Waals surface area contributed by atoms with Crippen molar-refractivity contribution in [3.05, 3.63) is 0 Å². The van der Waals surface area contributed by atoms with Crippen molar-refractivity contribution in [2.45, 2.75) is 109 Å². The SMILES string of the molecule is CCCCCCCCCCCC(=O)NC(CCC(=O)O)C(=O)NC(CCC(=O)O)C(=O)O. The predicted octanol–water partition coefficient (Wildman–Crippen LogP) is 2.69. The van der Waals surface area contributed by atoms with Crippen LogP contribution in [0.1, 0.15) is 96.8 Å². The number of rotatable bonds is 20. The number of hydrogen-bond donors (Lipinski definition) is 5. The molecule has 5 N–H and O–H groups in total. The Morgan fingerprint density at radius 3 is 1.56 bits per heavy atom. The fraction of sp³-hybridized carbons (Fsp3) is 0.773. The first-order chi connectivity index (χ1) is 15.2. The number of carbonyl (C=O) groups is 5. The fourth-order valence-corrected chi connectivity index (χ4v) is 3.20. The van der Waals surface area contributed by atoms with Crippen molar-refractivity contribution in [1.82, 2.24) is 10.6 Å². The molecule has 0 fully saturated rings. The molecular formula is C22H38N2O8.